The summed E-state index contributed by atoms with van der Waals surface area (Å²) in [5.41, 5.74) is 4.96. The summed E-state index contributed by atoms with van der Waals surface area (Å²) in [6.07, 6.45) is 0. The average Bonchev–Trinajstić information content (AvgIpc) is 2.02. The first-order valence-electron chi connectivity index (χ1n) is 3.81. The van der Waals surface area contributed by atoms with Crippen LogP contribution in [-0.2, 0) is 5.92 Å². The van der Waals surface area contributed by atoms with E-state index in [-0.39, 0.29) is 5.56 Å². The van der Waals surface area contributed by atoms with Gasteiger partial charge in [-0.25, -0.2) is 4.39 Å². The molecule has 1 aromatic rings. The summed E-state index contributed by atoms with van der Waals surface area (Å²) in [4.78, 5) is 0. The van der Waals surface area contributed by atoms with Gasteiger partial charge in [-0.05, 0) is 30.7 Å². The number of benzene rings is 1. The fourth-order valence-corrected chi connectivity index (χ4v) is 1.07. The lowest BCUT2D eigenvalue weighted by atomic mass is 10.1. The smallest absolute Gasteiger partial charge is 0.285 e. The number of alkyl halides is 2. The molecular formula is C9H10F3N. The highest BCUT2D eigenvalue weighted by Crippen LogP contribution is 2.27. The molecule has 0 amide bonds. The molecule has 0 fully saturated rings. The van der Waals surface area contributed by atoms with Crippen molar-refractivity contribution in [1.82, 2.24) is 0 Å². The van der Waals surface area contributed by atoms with E-state index in [1.54, 1.807) is 6.92 Å². The van der Waals surface area contributed by atoms with E-state index < -0.39 is 18.3 Å². The van der Waals surface area contributed by atoms with Crippen LogP contribution in [0.1, 0.15) is 11.1 Å². The molecule has 1 aromatic carbocycles. The third-order valence-corrected chi connectivity index (χ3v) is 1.72. The lowest BCUT2D eigenvalue weighted by Gasteiger charge is -2.14. The van der Waals surface area contributed by atoms with Crippen LogP contribution < -0.4 is 5.73 Å². The second-order valence-corrected chi connectivity index (χ2v) is 2.93. The molecule has 0 radical (unpaired) electrons. The van der Waals surface area contributed by atoms with E-state index in [1.165, 1.54) is 12.1 Å². The third kappa shape index (κ3) is 2.21. The van der Waals surface area contributed by atoms with E-state index in [0.29, 0.717) is 5.56 Å². The molecule has 0 aliphatic heterocycles. The Kier molecular flexibility index (Phi) is 2.61. The van der Waals surface area contributed by atoms with Gasteiger partial charge in [0.1, 0.15) is 5.82 Å². The molecule has 4 heteroatoms. The first-order chi connectivity index (χ1) is 5.95. The maximum absolute atomic E-state index is 13.0. The van der Waals surface area contributed by atoms with Crippen LogP contribution in [0.25, 0.3) is 0 Å². The normalized spacial score (nSPS) is 11.8. The van der Waals surface area contributed by atoms with Crippen LogP contribution in [0.4, 0.5) is 13.2 Å². The quantitative estimate of drug-likeness (QED) is 0.758. The zero-order valence-corrected chi connectivity index (χ0v) is 7.15. The summed E-state index contributed by atoms with van der Waals surface area (Å²) in [5.74, 6) is -3.81. The highest BCUT2D eigenvalue weighted by Gasteiger charge is 2.29. The minimum Gasteiger partial charge on any atom is -0.325 e. The van der Waals surface area contributed by atoms with Crippen LogP contribution in [0, 0.1) is 12.7 Å². The van der Waals surface area contributed by atoms with E-state index >= 15 is 0 Å². The Morgan fingerprint density at radius 3 is 2.38 bits per heavy atom. The molecule has 0 aromatic heterocycles. The van der Waals surface area contributed by atoms with Crippen LogP contribution in [0.15, 0.2) is 18.2 Å². The Labute approximate surface area is 74.4 Å². The summed E-state index contributed by atoms with van der Waals surface area (Å²) in [7, 11) is 0. The van der Waals surface area contributed by atoms with E-state index in [4.69, 9.17) is 5.73 Å². The number of rotatable bonds is 2. The Bertz CT molecular complexity index is 289. The van der Waals surface area contributed by atoms with Crippen LogP contribution in [-0.4, -0.2) is 6.54 Å². The summed E-state index contributed by atoms with van der Waals surface area (Å²) < 4.78 is 38.6. The van der Waals surface area contributed by atoms with Crippen molar-refractivity contribution in [1.29, 1.82) is 0 Å². The Morgan fingerprint density at radius 2 is 1.92 bits per heavy atom. The van der Waals surface area contributed by atoms with Crippen molar-refractivity contribution in [3.05, 3.63) is 35.1 Å². The second kappa shape index (κ2) is 3.38. The number of aryl methyl sites for hydroxylation is 1. The van der Waals surface area contributed by atoms with Crippen molar-refractivity contribution < 1.29 is 13.2 Å². The second-order valence-electron chi connectivity index (χ2n) is 2.93. The minimum atomic E-state index is -3.15. The van der Waals surface area contributed by atoms with Gasteiger partial charge in [0, 0.05) is 5.56 Å². The van der Waals surface area contributed by atoms with E-state index in [9.17, 15) is 13.2 Å². The van der Waals surface area contributed by atoms with Crippen molar-refractivity contribution in [3.63, 3.8) is 0 Å². The average molecular weight is 189 g/mol. The summed E-state index contributed by atoms with van der Waals surface area (Å²) in [5, 5.41) is 0. The SMILES string of the molecule is Cc1cc(F)cc(C(F)(F)CN)c1. The van der Waals surface area contributed by atoms with Crippen molar-refractivity contribution in [3.8, 4) is 0 Å². The molecule has 0 aliphatic rings. The number of nitrogens with two attached hydrogens (primary N) is 1. The molecular weight excluding hydrogens is 179 g/mol. The number of hydrogen-bond acceptors (Lipinski definition) is 1. The van der Waals surface area contributed by atoms with Gasteiger partial charge in [0.2, 0.25) is 0 Å². The Balaban J connectivity index is 3.15. The highest BCUT2D eigenvalue weighted by molar-refractivity contribution is 5.27. The molecule has 0 aliphatic carbocycles. The van der Waals surface area contributed by atoms with Crippen LogP contribution in [0.5, 0.6) is 0 Å². The monoisotopic (exact) mass is 189 g/mol. The lowest BCUT2D eigenvalue weighted by molar-refractivity contribution is 0.00559. The maximum Gasteiger partial charge on any atom is 0.285 e. The summed E-state index contributed by atoms with van der Waals surface area (Å²) in [6.45, 7) is 0.745. The van der Waals surface area contributed by atoms with E-state index in [1.807, 2.05) is 0 Å². The third-order valence-electron chi connectivity index (χ3n) is 1.72. The van der Waals surface area contributed by atoms with Gasteiger partial charge in [-0.1, -0.05) is 0 Å². The van der Waals surface area contributed by atoms with Gasteiger partial charge in [0.15, 0.2) is 0 Å². The Morgan fingerprint density at radius 1 is 1.31 bits per heavy atom. The predicted octanol–water partition coefficient (Wildman–Crippen LogP) is 2.18. The number of halogens is 3. The predicted molar refractivity (Wildman–Crippen MR) is 44.1 cm³/mol. The van der Waals surface area contributed by atoms with Crippen LogP contribution in [0.3, 0.4) is 0 Å². The zero-order chi connectivity index (χ0) is 10.1. The van der Waals surface area contributed by atoms with Gasteiger partial charge in [0.25, 0.3) is 5.92 Å². The molecule has 1 rings (SSSR count). The molecule has 0 unspecified atom stereocenters. The van der Waals surface area contributed by atoms with Crippen molar-refractivity contribution in [2.24, 2.45) is 5.73 Å². The zero-order valence-electron chi connectivity index (χ0n) is 7.15. The molecule has 0 bridgehead atoms. The van der Waals surface area contributed by atoms with E-state index in [0.717, 1.165) is 6.07 Å². The fourth-order valence-electron chi connectivity index (χ4n) is 1.07. The van der Waals surface area contributed by atoms with E-state index in [2.05, 4.69) is 0 Å². The number of hydrogen-bond donors (Lipinski definition) is 1. The largest absolute Gasteiger partial charge is 0.325 e. The maximum atomic E-state index is 13.0. The standard InChI is InChI=1S/C9H10F3N/c1-6-2-7(4-8(10)3-6)9(11,12)5-13/h2-4H,5,13H2,1H3. The molecule has 0 spiro atoms. The van der Waals surface area contributed by atoms with Gasteiger partial charge >= 0.3 is 0 Å². The molecule has 0 atom stereocenters. The summed E-state index contributed by atoms with van der Waals surface area (Å²) in [6, 6.07) is 3.23. The Hall–Kier alpha value is -1.03. The first kappa shape index (κ1) is 10.1. The van der Waals surface area contributed by atoms with Crippen molar-refractivity contribution in [2.75, 3.05) is 6.54 Å². The minimum absolute atomic E-state index is 0.368. The van der Waals surface area contributed by atoms with Gasteiger partial charge in [-0.2, -0.15) is 8.78 Å². The molecule has 0 heterocycles. The molecule has 1 nitrogen and oxygen atoms in total. The highest BCUT2D eigenvalue weighted by atomic mass is 19.3. The van der Waals surface area contributed by atoms with Crippen LogP contribution >= 0.6 is 0 Å². The van der Waals surface area contributed by atoms with Gasteiger partial charge < -0.3 is 5.73 Å². The molecule has 13 heavy (non-hydrogen) atoms. The van der Waals surface area contributed by atoms with Crippen LogP contribution in [0.2, 0.25) is 0 Å². The van der Waals surface area contributed by atoms with Gasteiger partial charge in [-0.15, -0.1) is 0 Å². The van der Waals surface area contributed by atoms with Gasteiger partial charge in [-0.3, -0.25) is 0 Å². The molecule has 72 valence electrons. The molecule has 0 saturated carbocycles. The summed E-state index contributed by atoms with van der Waals surface area (Å²) >= 11 is 0. The topological polar surface area (TPSA) is 26.0 Å². The van der Waals surface area contributed by atoms with Gasteiger partial charge in [0.05, 0.1) is 6.54 Å². The molecule has 0 saturated heterocycles. The molecule has 2 N–H and O–H groups in total. The lowest BCUT2D eigenvalue weighted by Crippen LogP contribution is -2.25. The van der Waals surface area contributed by atoms with Crippen molar-refractivity contribution in [2.45, 2.75) is 12.8 Å². The first-order valence-corrected chi connectivity index (χ1v) is 3.81. The van der Waals surface area contributed by atoms with Crippen molar-refractivity contribution >= 4 is 0 Å². The fraction of sp³-hybridized carbons (Fsp3) is 0.333.